The Morgan fingerprint density at radius 1 is 1.39 bits per heavy atom. The molecule has 0 saturated carbocycles. The van der Waals surface area contributed by atoms with Gasteiger partial charge in [-0.1, -0.05) is 6.07 Å². The number of H-pyrrole nitrogens is 1. The summed E-state index contributed by atoms with van der Waals surface area (Å²) in [5, 5.41) is 2.67. The van der Waals surface area contributed by atoms with E-state index in [9.17, 15) is 4.79 Å². The first-order valence-electron chi connectivity index (χ1n) is 5.01. The van der Waals surface area contributed by atoms with Gasteiger partial charge in [-0.15, -0.1) is 12.4 Å². The number of carbonyl (C=O) groups excluding carboxylic acids is 1. The SMILES string of the molecule is Cc1ccc2nc(NC(=O)N(C)C)[nH]c2c1.Cl.O. The van der Waals surface area contributed by atoms with Gasteiger partial charge in [0.25, 0.3) is 0 Å². The van der Waals surface area contributed by atoms with Gasteiger partial charge in [-0.05, 0) is 24.6 Å². The van der Waals surface area contributed by atoms with Crippen molar-refractivity contribution in [2.45, 2.75) is 6.92 Å². The Bertz CT molecular complexity index is 539. The Kier molecular flexibility index (Phi) is 5.61. The molecule has 2 rings (SSSR count). The molecule has 100 valence electrons. The lowest BCUT2D eigenvalue weighted by molar-refractivity contribution is 0.230. The van der Waals surface area contributed by atoms with Gasteiger partial charge >= 0.3 is 6.03 Å². The summed E-state index contributed by atoms with van der Waals surface area (Å²) in [6.07, 6.45) is 0. The Labute approximate surface area is 111 Å². The van der Waals surface area contributed by atoms with Gasteiger partial charge in [-0.3, -0.25) is 5.32 Å². The first-order chi connectivity index (χ1) is 7.56. The van der Waals surface area contributed by atoms with Gasteiger partial charge in [-0.25, -0.2) is 9.78 Å². The van der Waals surface area contributed by atoms with Crippen LogP contribution in [-0.4, -0.2) is 40.5 Å². The average molecular weight is 273 g/mol. The van der Waals surface area contributed by atoms with E-state index in [4.69, 9.17) is 0 Å². The van der Waals surface area contributed by atoms with Gasteiger partial charge in [0.05, 0.1) is 11.0 Å². The molecule has 0 aliphatic carbocycles. The number of aromatic amines is 1. The number of rotatable bonds is 1. The molecule has 1 aromatic carbocycles. The second-order valence-electron chi connectivity index (χ2n) is 3.93. The van der Waals surface area contributed by atoms with Crippen molar-refractivity contribution >= 4 is 35.4 Å². The molecule has 1 aromatic heterocycles. The third-order valence-corrected chi connectivity index (χ3v) is 2.27. The largest absolute Gasteiger partial charge is 0.412 e. The fourth-order valence-corrected chi connectivity index (χ4v) is 1.40. The molecule has 0 bridgehead atoms. The fourth-order valence-electron chi connectivity index (χ4n) is 1.40. The number of fused-ring (bicyclic) bond motifs is 1. The summed E-state index contributed by atoms with van der Waals surface area (Å²) in [7, 11) is 3.37. The van der Waals surface area contributed by atoms with Crippen molar-refractivity contribution in [2.75, 3.05) is 19.4 Å². The van der Waals surface area contributed by atoms with E-state index >= 15 is 0 Å². The number of imidazole rings is 1. The zero-order valence-corrected chi connectivity index (χ0v) is 11.3. The maximum Gasteiger partial charge on any atom is 0.323 e. The van der Waals surface area contributed by atoms with Crippen LogP contribution in [0.1, 0.15) is 5.56 Å². The molecule has 0 aliphatic rings. The van der Waals surface area contributed by atoms with Crippen LogP contribution in [0.25, 0.3) is 11.0 Å². The lowest BCUT2D eigenvalue weighted by Gasteiger charge is -2.09. The average Bonchev–Trinajstić information content (AvgIpc) is 2.58. The number of benzene rings is 1. The molecular weight excluding hydrogens is 256 g/mol. The molecule has 7 heteroatoms. The third kappa shape index (κ3) is 3.35. The maximum atomic E-state index is 11.4. The molecule has 0 unspecified atom stereocenters. The number of halogens is 1. The molecule has 6 nitrogen and oxygen atoms in total. The van der Waals surface area contributed by atoms with Crippen LogP contribution in [0.4, 0.5) is 10.7 Å². The summed E-state index contributed by atoms with van der Waals surface area (Å²) in [6.45, 7) is 2.01. The number of aromatic nitrogens is 2. The van der Waals surface area contributed by atoms with Gasteiger partial charge in [0.15, 0.2) is 0 Å². The van der Waals surface area contributed by atoms with Crippen molar-refractivity contribution < 1.29 is 10.3 Å². The number of hydrogen-bond acceptors (Lipinski definition) is 2. The van der Waals surface area contributed by atoms with E-state index in [1.165, 1.54) is 4.90 Å². The highest BCUT2D eigenvalue weighted by Gasteiger charge is 2.07. The molecule has 0 saturated heterocycles. The first kappa shape index (κ1) is 16.2. The number of nitrogens with one attached hydrogen (secondary N) is 2. The number of amides is 2. The van der Waals surface area contributed by atoms with Crippen molar-refractivity contribution in [3.05, 3.63) is 23.8 Å². The Morgan fingerprint density at radius 2 is 2.06 bits per heavy atom. The summed E-state index contributed by atoms with van der Waals surface area (Å²) in [5.74, 6) is 0.472. The van der Waals surface area contributed by atoms with Gasteiger partial charge in [0.1, 0.15) is 0 Å². The molecule has 18 heavy (non-hydrogen) atoms. The highest BCUT2D eigenvalue weighted by atomic mass is 35.5. The number of aryl methyl sites for hydroxylation is 1. The molecule has 1 heterocycles. The molecule has 0 fully saturated rings. The predicted molar refractivity (Wildman–Crippen MR) is 74.4 cm³/mol. The number of urea groups is 1. The van der Waals surface area contributed by atoms with Gasteiger partial charge in [-0.2, -0.15) is 0 Å². The highest BCUT2D eigenvalue weighted by Crippen LogP contribution is 2.15. The molecule has 0 spiro atoms. The molecular formula is C11H17ClN4O2. The van der Waals surface area contributed by atoms with Crippen molar-refractivity contribution in [1.82, 2.24) is 14.9 Å². The molecule has 2 aromatic rings. The highest BCUT2D eigenvalue weighted by molar-refractivity contribution is 5.89. The second-order valence-corrected chi connectivity index (χ2v) is 3.93. The van der Waals surface area contributed by atoms with Crippen molar-refractivity contribution in [1.29, 1.82) is 0 Å². The molecule has 2 amide bonds. The fraction of sp³-hybridized carbons (Fsp3) is 0.273. The molecule has 0 atom stereocenters. The summed E-state index contributed by atoms with van der Waals surface area (Å²) in [4.78, 5) is 20.2. The van der Waals surface area contributed by atoms with Crippen molar-refractivity contribution in [3.63, 3.8) is 0 Å². The topological polar surface area (TPSA) is 92.5 Å². The van der Waals surface area contributed by atoms with Crippen molar-refractivity contribution in [2.24, 2.45) is 0 Å². The van der Waals surface area contributed by atoms with Crippen LogP contribution in [-0.2, 0) is 0 Å². The number of nitrogens with zero attached hydrogens (tertiary/aromatic N) is 2. The van der Waals surface area contributed by atoms with E-state index in [1.807, 2.05) is 25.1 Å². The second kappa shape index (κ2) is 6.23. The van der Waals surface area contributed by atoms with E-state index in [0.717, 1.165) is 16.6 Å². The van der Waals surface area contributed by atoms with Crippen LogP contribution in [0, 0.1) is 6.92 Å². The zero-order valence-electron chi connectivity index (χ0n) is 10.4. The monoisotopic (exact) mass is 272 g/mol. The quantitative estimate of drug-likeness (QED) is 0.824. The molecule has 0 aliphatic heterocycles. The first-order valence-corrected chi connectivity index (χ1v) is 5.01. The van der Waals surface area contributed by atoms with Crippen LogP contribution in [0.3, 0.4) is 0 Å². The third-order valence-electron chi connectivity index (χ3n) is 2.27. The summed E-state index contributed by atoms with van der Waals surface area (Å²) >= 11 is 0. The number of hydrogen-bond donors (Lipinski definition) is 2. The number of carbonyl (C=O) groups is 1. The van der Waals surface area contributed by atoms with E-state index in [-0.39, 0.29) is 23.9 Å². The van der Waals surface area contributed by atoms with Crippen LogP contribution >= 0.6 is 12.4 Å². The normalized spacial score (nSPS) is 9.28. The summed E-state index contributed by atoms with van der Waals surface area (Å²) in [6, 6.07) is 5.71. The molecule has 0 radical (unpaired) electrons. The smallest absolute Gasteiger partial charge is 0.323 e. The van der Waals surface area contributed by atoms with Crippen molar-refractivity contribution in [3.8, 4) is 0 Å². The van der Waals surface area contributed by atoms with Crippen LogP contribution < -0.4 is 5.32 Å². The minimum absolute atomic E-state index is 0. The lowest BCUT2D eigenvalue weighted by Crippen LogP contribution is -2.27. The van der Waals surface area contributed by atoms with Gasteiger partial charge in [0.2, 0.25) is 5.95 Å². The minimum atomic E-state index is -0.198. The zero-order chi connectivity index (χ0) is 11.7. The molecule has 4 N–H and O–H groups in total. The van der Waals surface area contributed by atoms with Gasteiger partial charge in [0, 0.05) is 14.1 Å². The van der Waals surface area contributed by atoms with E-state index < -0.39 is 0 Å². The minimum Gasteiger partial charge on any atom is -0.412 e. The Morgan fingerprint density at radius 3 is 2.67 bits per heavy atom. The van der Waals surface area contributed by atoms with Crippen LogP contribution in [0.2, 0.25) is 0 Å². The van der Waals surface area contributed by atoms with Crippen LogP contribution in [0.5, 0.6) is 0 Å². The van der Waals surface area contributed by atoms with E-state index in [1.54, 1.807) is 14.1 Å². The van der Waals surface area contributed by atoms with E-state index in [2.05, 4.69) is 15.3 Å². The Hall–Kier alpha value is -1.79. The van der Waals surface area contributed by atoms with Crippen LogP contribution in [0.15, 0.2) is 18.2 Å². The Balaban J connectivity index is 0.00000144. The summed E-state index contributed by atoms with van der Waals surface area (Å²) in [5.41, 5.74) is 2.93. The summed E-state index contributed by atoms with van der Waals surface area (Å²) < 4.78 is 0. The predicted octanol–water partition coefficient (Wildman–Crippen LogP) is 1.56. The van der Waals surface area contributed by atoms with Gasteiger partial charge < -0.3 is 15.4 Å². The standard InChI is InChI=1S/C11H14N4O.ClH.H2O/c1-7-4-5-8-9(6-7)13-10(12-8)14-11(16)15(2)3;;/h4-6H,1-3H3,(H2,12,13,14,16);1H;1H2. The maximum absolute atomic E-state index is 11.4. The lowest BCUT2D eigenvalue weighted by atomic mass is 10.2. The number of anilines is 1. The van der Waals surface area contributed by atoms with E-state index in [0.29, 0.717) is 5.95 Å².